The van der Waals surface area contributed by atoms with Crippen LogP contribution in [0.5, 0.6) is 5.75 Å². The van der Waals surface area contributed by atoms with E-state index in [9.17, 15) is 12.8 Å². The van der Waals surface area contributed by atoms with Crippen LogP contribution in [0.25, 0.3) is 0 Å². The molecule has 0 aliphatic heterocycles. The lowest BCUT2D eigenvalue weighted by Crippen LogP contribution is -2.26. The fraction of sp³-hybridized carbons (Fsp3) is 0.143. The average Bonchev–Trinajstić information content (AvgIpc) is 2.47. The second-order valence-corrected chi connectivity index (χ2v) is 7.13. The van der Waals surface area contributed by atoms with Crippen LogP contribution in [0.1, 0.15) is 0 Å². The van der Waals surface area contributed by atoms with E-state index in [2.05, 4.69) is 15.9 Å². The summed E-state index contributed by atoms with van der Waals surface area (Å²) in [4.78, 5) is -0.133. The van der Waals surface area contributed by atoms with E-state index in [1.165, 1.54) is 26.3 Å². The lowest BCUT2D eigenvalue weighted by Gasteiger charge is -2.19. The maximum absolute atomic E-state index is 13.7. The third kappa shape index (κ3) is 3.19. The maximum Gasteiger partial charge on any atom is 0.264 e. The van der Waals surface area contributed by atoms with Gasteiger partial charge in [-0.05, 0) is 42.5 Å². The summed E-state index contributed by atoms with van der Waals surface area (Å²) < 4.78 is 45.4. The van der Waals surface area contributed by atoms with E-state index in [0.717, 1.165) is 14.8 Å². The molecule has 0 amide bonds. The summed E-state index contributed by atoms with van der Waals surface area (Å²) in [6, 6.07) is 10.3. The van der Waals surface area contributed by atoms with Gasteiger partial charge in [-0.1, -0.05) is 15.9 Å². The van der Waals surface area contributed by atoms with Gasteiger partial charge in [0.1, 0.15) is 0 Å². The number of benzene rings is 2. The van der Waals surface area contributed by atoms with Gasteiger partial charge in [0.15, 0.2) is 11.6 Å². The number of hydrogen-bond donors (Lipinski definition) is 0. The van der Waals surface area contributed by atoms with Crippen LogP contribution in [0.4, 0.5) is 10.1 Å². The van der Waals surface area contributed by atoms with Gasteiger partial charge in [-0.2, -0.15) is 0 Å². The molecule has 2 rings (SSSR count). The van der Waals surface area contributed by atoms with Crippen LogP contribution in [0.15, 0.2) is 51.8 Å². The standard InChI is InChI=1S/C14H13BrFNO3S/c1-17(11-5-3-10(15)4-6-11)21(18,19)12-7-8-14(20-2)13(16)9-12/h3-9H,1-2H3. The van der Waals surface area contributed by atoms with Crippen LogP contribution >= 0.6 is 15.9 Å². The first-order chi connectivity index (χ1) is 9.86. The summed E-state index contributed by atoms with van der Waals surface area (Å²) in [5, 5.41) is 0. The first-order valence-electron chi connectivity index (χ1n) is 5.94. The van der Waals surface area contributed by atoms with E-state index >= 15 is 0 Å². The largest absolute Gasteiger partial charge is 0.494 e. The topological polar surface area (TPSA) is 46.6 Å². The van der Waals surface area contributed by atoms with Gasteiger partial charge < -0.3 is 4.74 Å². The number of sulfonamides is 1. The molecule has 0 atom stereocenters. The number of rotatable bonds is 4. The third-order valence-corrected chi connectivity index (χ3v) is 5.28. The van der Waals surface area contributed by atoms with Crippen molar-refractivity contribution in [1.29, 1.82) is 0 Å². The number of methoxy groups -OCH3 is 1. The Bertz CT molecular complexity index is 747. The van der Waals surface area contributed by atoms with Gasteiger partial charge in [0.25, 0.3) is 10.0 Å². The minimum absolute atomic E-state index is 0.000227. The highest BCUT2D eigenvalue weighted by molar-refractivity contribution is 9.10. The zero-order valence-electron chi connectivity index (χ0n) is 11.4. The molecule has 0 fully saturated rings. The van der Waals surface area contributed by atoms with Crippen LogP contribution in [0, 0.1) is 5.82 Å². The molecule has 0 spiro atoms. The lowest BCUT2D eigenvalue weighted by molar-refractivity contribution is 0.385. The van der Waals surface area contributed by atoms with Crippen LogP contribution in [0.3, 0.4) is 0 Å². The molecule has 0 aliphatic rings. The Balaban J connectivity index is 2.41. The summed E-state index contributed by atoms with van der Waals surface area (Å²) in [6.07, 6.45) is 0. The summed E-state index contributed by atoms with van der Waals surface area (Å²) in [6.45, 7) is 0. The molecule has 0 bridgehead atoms. The van der Waals surface area contributed by atoms with E-state index in [-0.39, 0.29) is 10.6 Å². The quantitative estimate of drug-likeness (QED) is 0.824. The highest BCUT2D eigenvalue weighted by Crippen LogP contribution is 2.26. The molecular weight excluding hydrogens is 361 g/mol. The normalized spacial score (nSPS) is 11.2. The Hall–Kier alpha value is -1.60. The fourth-order valence-corrected chi connectivity index (χ4v) is 3.23. The van der Waals surface area contributed by atoms with Crippen LogP contribution < -0.4 is 9.04 Å². The van der Waals surface area contributed by atoms with Crippen molar-refractivity contribution in [2.24, 2.45) is 0 Å². The number of nitrogens with zero attached hydrogens (tertiary/aromatic N) is 1. The molecule has 2 aromatic rings. The predicted octanol–water partition coefficient (Wildman–Crippen LogP) is 3.42. The Kier molecular flexibility index (Phi) is 4.53. The molecule has 0 aromatic heterocycles. The van der Waals surface area contributed by atoms with E-state index in [0.29, 0.717) is 5.69 Å². The summed E-state index contributed by atoms with van der Waals surface area (Å²) in [7, 11) is -1.09. The summed E-state index contributed by atoms with van der Waals surface area (Å²) in [5.41, 5.74) is 0.481. The van der Waals surface area contributed by atoms with Crippen molar-refractivity contribution in [1.82, 2.24) is 0 Å². The van der Waals surface area contributed by atoms with Gasteiger partial charge >= 0.3 is 0 Å². The van der Waals surface area contributed by atoms with E-state index < -0.39 is 15.8 Å². The molecular formula is C14H13BrFNO3S. The van der Waals surface area contributed by atoms with Gasteiger partial charge in [-0.3, -0.25) is 4.31 Å². The maximum atomic E-state index is 13.7. The Morgan fingerprint density at radius 3 is 2.29 bits per heavy atom. The SMILES string of the molecule is COc1ccc(S(=O)(=O)N(C)c2ccc(Br)cc2)cc1F. The molecule has 0 saturated carbocycles. The fourth-order valence-electron chi connectivity index (χ4n) is 1.76. The second-order valence-electron chi connectivity index (χ2n) is 4.25. The van der Waals surface area contributed by atoms with Crippen molar-refractivity contribution in [2.75, 3.05) is 18.5 Å². The molecule has 7 heteroatoms. The zero-order chi connectivity index (χ0) is 15.6. The van der Waals surface area contributed by atoms with Crippen LogP contribution in [-0.2, 0) is 10.0 Å². The number of hydrogen-bond acceptors (Lipinski definition) is 3. The minimum atomic E-state index is -3.83. The Morgan fingerprint density at radius 2 is 1.76 bits per heavy atom. The predicted molar refractivity (Wildman–Crippen MR) is 82.7 cm³/mol. The van der Waals surface area contributed by atoms with Crippen molar-refractivity contribution in [2.45, 2.75) is 4.90 Å². The first kappa shape index (κ1) is 15.8. The van der Waals surface area contributed by atoms with Gasteiger partial charge in [-0.15, -0.1) is 0 Å². The monoisotopic (exact) mass is 373 g/mol. The molecule has 112 valence electrons. The molecule has 4 nitrogen and oxygen atoms in total. The molecule has 0 N–H and O–H groups in total. The van der Waals surface area contributed by atoms with Crippen molar-refractivity contribution in [3.8, 4) is 5.75 Å². The van der Waals surface area contributed by atoms with Crippen molar-refractivity contribution < 1.29 is 17.5 Å². The number of anilines is 1. The Labute approximate surface area is 131 Å². The van der Waals surface area contributed by atoms with Crippen LogP contribution in [0.2, 0.25) is 0 Å². The van der Waals surface area contributed by atoms with E-state index in [1.54, 1.807) is 24.3 Å². The molecule has 2 aromatic carbocycles. The average molecular weight is 374 g/mol. The van der Waals surface area contributed by atoms with Crippen molar-refractivity contribution >= 4 is 31.6 Å². The summed E-state index contributed by atoms with van der Waals surface area (Å²) >= 11 is 3.28. The van der Waals surface area contributed by atoms with Gasteiger partial charge in [0, 0.05) is 11.5 Å². The molecule has 21 heavy (non-hydrogen) atoms. The Morgan fingerprint density at radius 1 is 1.14 bits per heavy atom. The van der Waals surface area contributed by atoms with Crippen molar-refractivity contribution in [3.05, 3.63) is 52.8 Å². The lowest BCUT2D eigenvalue weighted by atomic mass is 10.3. The minimum Gasteiger partial charge on any atom is -0.494 e. The second kappa shape index (κ2) is 6.03. The number of halogens is 2. The zero-order valence-corrected chi connectivity index (χ0v) is 13.8. The van der Waals surface area contributed by atoms with Gasteiger partial charge in [0.05, 0.1) is 17.7 Å². The molecule has 0 radical (unpaired) electrons. The molecule has 0 unspecified atom stereocenters. The third-order valence-electron chi connectivity index (χ3n) is 2.97. The van der Waals surface area contributed by atoms with Gasteiger partial charge in [-0.25, -0.2) is 12.8 Å². The highest BCUT2D eigenvalue weighted by atomic mass is 79.9. The highest BCUT2D eigenvalue weighted by Gasteiger charge is 2.22. The van der Waals surface area contributed by atoms with E-state index in [1.807, 2.05) is 0 Å². The van der Waals surface area contributed by atoms with Crippen molar-refractivity contribution in [3.63, 3.8) is 0 Å². The smallest absolute Gasteiger partial charge is 0.264 e. The molecule has 0 saturated heterocycles. The summed E-state index contributed by atoms with van der Waals surface area (Å²) in [5.74, 6) is -0.719. The first-order valence-corrected chi connectivity index (χ1v) is 8.17. The molecule has 0 aliphatic carbocycles. The number of ether oxygens (including phenoxy) is 1. The van der Waals surface area contributed by atoms with Crippen LogP contribution in [-0.4, -0.2) is 22.6 Å². The van der Waals surface area contributed by atoms with Gasteiger partial charge in [0.2, 0.25) is 0 Å². The van der Waals surface area contributed by atoms with E-state index in [4.69, 9.17) is 4.74 Å². The molecule has 0 heterocycles.